The molecule has 1 aromatic carbocycles. The summed E-state index contributed by atoms with van der Waals surface area (Å²) >= 11 is 8.53. The van der Waals surface area contributed by atoms with Crippen molar-refractivity contribution in [2.75, 3.05) is 6.61 Å². The van der Waals surface area contributed by atoms with E-state index in [2.05, 4.69) is 4.99 Å². The van der Waals surface area contributed by atoms with Gasteiger partial charge in [0, 0.05) is 22.6 Å². The van der Waals surface area contributed by atoms with E-state index in [-0.39, 0.29) is 22.9 Å². The van der Waals surface area contributed by atoms with Gasteiger partial charge in [0.05, 0.1) is 27.3 Å². The van der Waals surface area contributed by atoms with Crippen LogP contribution in [0.15, 0.2) is 73.3 Å². The summed E-state index contributed by atoms with van der Waals surface area (Å²) in [5.41, 5.74) is 0.745. The molecule has 4 aromatic rings. The van der Waals surface area contributed by atoms with Crippen molar-refractivity contribution in [2.45, 2.75) is 19.9 Å². The minimum absolute atomic E-state index is 0.0272. The molecule has 0 N–H and O–H groups in total. The number of furan rings is 1. The Kier molecular flexibility index (Phi) is 6.67. The van der Waals surface area contributed by atoms with Crippen LogP contribution in [0.2, 0.25) is 5.02 Å². The van der Waals surface area contributed by atoms with Gasteiger partial charge in [0.15, 0.2) is 4.80 Å². The van der Waals surface area contributed by atoms with E-state index in [1.54, 1.807) is 38.1 Å². The highest BCUT2D eigenvalue weighted by Gasteiger charge is 2.33. The first-order valence-corrected chi connectivity index (χ1v) is 13.1. The summed E-state index contributed by atoms with van der Waals surface area (Å²) in [6, 6.07) is 10.8. The van der Waals surface area contributed by atoms with Gasteiger partial charge >= 0.3 is 5.97 Å². The number of carbonyl (C=O) groups excluding carboxylic acids is 1. The van der Waals surface area contributed by atoms with Crippen LogP contribution in [0.25, 0.3) is 17.4 Å². The van der Waals surface area contributed by atoms with Crippen LogP contribution in [0.1, 0.15) is 30.5 Å². The number of hydrogen-bond acceptors (Lipinski definition) is 9. The van der Waals surface area contributed by atoms with Crippen LogP contribution in [0.3, 0.4) is 0 Å². The molecule has 188 valence electrons. The third-order valence-electron chi connectivity index (χ3n) is 5.66. The summed E-state index contributed by atoms with van der Waals surface area (Å²) in [6.45, 7) is 3.66. The Morgan fingerprint density at radius 3 is 2.84 bits per heavy atom. The summed E-state index contributed by atoms with van der Waals surface area (Å²) in [6.07, 6.45) is 1.59. The standard InChI is InChI=1S/C25H18ClN3O6S2/c1-3-34-24(31)21-13(2)27-25-28(22(21)19-5-4-10-36-19)23(30)20(37-25)12-15-7-9-18(35-15)14-6-8-16(26)17(11-14)29(32)33/h4-12,22H,3H2,1-2H3/b20-12+. The average Bonchev–Trinajstić information content (AvgIpc) is 3.61. The molecule has 1 aliphatic heterocycles. The van der Waals surface area contributed by atoms with Crippen molar-refractivity contribution in [3.63, 3.8) is 0 Å². The topological polar surface area (TPSA) is 117 Å². The number of esters is 1. The lowest BCUT2D eigenvalue weighted by atomic mass is 10.0. The molecule has 3 aromatic heterocycles. The van der Waals surface area contributed by atoms with Crippen LogP contribution < -0.4 is 14.9 Å². The van der Waals surface area contributed by atoms with E-state index in [1.807, 2.05) is 17.5 Å². The second kappa shape index (κ2) is 9.92. The predicted octanol–water partition coefficient (Wildman–Crippen LogP) is 4.68. The number of hydrogen-bond donors (Lipinski definition) is 0. The highest BCUT2D eigenvalue weighted by molar-refractivity contribution is 7.10. The molecule has 0 saturated carbocycles. The SMILES string of the molecule is CCOC(=O)C1=C(C)N=c2s/c(=C/c3ccc(-c4ccc(Cl)c([N+](=O)[O-])c4)o3)c(=O)n2C1c1cccs1. The second-order valence-corrected chi connectivity index (χ2v) is 10.3. The fraction of sp³-hybridized carbons (Fsp3) is 0.160. The minimum atomic E-state index is -0.653. The zero-order valence-electron chi connectivity index (χ0n) is 19.5. The lowest BCUT2D eigenvalue weighted by Crippen LogP contribution is -2.39. The Bertz CT molecular complexity index is 1750. The normalized spacial score (nSPS) is 15.4. The summed E-state index contributed by atoms with van der Waals surface area (Å²) in [5, 5.41) is 13.1. The molecule has 0 aliphatic carbocycles. The number of nitrogens with zero attached hydrogens (tertiary/aromatic N) is 3. The van der Waals surface area contributed by atoms with Crippen LogP contribution in [0.5, 0.6) is 0 Å². The lowest BCUT2D eigenvalue weighted by Gasteiger charge is -2.23. The zero-order valence-corrected chi connectivity index (χ0v) is 21.9. The largest absolute Gasteiger partial charge is 0.463 e. The van der Waals surface area contributed by atoms with Crippen molar-refractivity contribution in [2.24, 2.45) is 4.99 Å². The van der Waals surface area contributed by atoms with Crippen molar-refractivity contribution < 1.29 is 18.9 Å². The zero-order chi connectivity index (χ0) is 26.3. The van der Waals surface area contributed by atoms with E-state index < -0.39 is 16.9 Å². The van der Waals surface area contributed by atoms with Gasteiger partial charge in [-0.2, -0.15) is 0 Å². The van der Waals surface area contributed by atoms with Crippen LogP contribution >= 0.6 is 34.3 Å². The van der Waals surface area contributed by atoms with Gasteiger partial charge in [0.25, 0.3) is 11.2 Å². The molecule has 0 saturated heterocycles. The van der Waals surface area contributed by atoms with Crippen LogP contribution in [0, 0.1) is 10.1 Å². The molecule has 0 radical (unpaired) electrons. The van der Waals surface area contributed by atoms with E-state index in [9.17, 15) is 19.7 Å². The van der Waals surface area contributed by atoms with Gasteiger partial charge in [-0.05, 0) is 49.6 Å². The van der Waals surface area contributed by atoms with Gasteiger partial charge in [-0.3, -0.25) is 19.5 Å². The molecule has 5 rings (SSSR count). The number of carbonyl (C=O) groups is 1. The number of halogens is 1. The van der Waals surface area contributed by atoms with Gasteiger partial charge in [-0.1, -0.05) is 29.0 Å². The van der Waals surface area contributed by atoms with Crippen LogP contribution in [-0.4, -0.2) is 22.1 Å². The fourth-order valence-electron chi connectivity index (χ4n) is 4.03. The van der Waals surface area contributed by atoms with Crippen molar-refractivity contribution in [3.8, 4) is 11.3 Å². The summed E-state index contributed by atoms with van der Waals surface area (Å²) in [5.74, 6) is 0.256. The fourth-order valence-corrected chi connectivity index (χ4v) is 6.06. The summed E-state index contributed by atoms with van der Waals surface area (Å²) in [7, 11) is 0. The number of benzene rings is 1. The van der Waals surface area contributed by atoms with Crippen LogP contribution in [0.4, 0.5) is 5.69 Å². The first kappa shape index (κ1) is 24.9. The third kappa shape index (κ3) is 4.57. The first-order chi connectivity index (χ1) is 17.8. The molecule has 0 amide bonds. The van der Waals surface area contributed by atoms with Gasteiger partial charge < -0.3 is 9.15 Å². The smallest absolute Gasteiger partial charge is 0.338 e. The van der Waals surface area contributed by atoms with Crippen molar-refractivity contribution >= 4 is 52.0 Å². The molecule has 1 unspecified atom stereocenters. The Labute approximate surface area is 222 Å². The maximum atomic E-state index is 13.6. The molecule has 1 atom stereocenters. The number of nitro groups is 1. The molecule has 0 spiro atoms. The number of nitro benzene ring substituents is 1. The second-order valence-electron chi connectivity index (χ2n) is 7.94. The van der Waals surface area contributed by atoms with Gasteiger partial charge in [-0.15, -0.1) is 11.3 Å². The Hall–Kier alpha value is -3.80. The van der Waals surface area contributed by atoms with Gasteiger partial charge in [0.2, 0.25) is 0 Å². The van der Waals surface area contributed by atoms with E-state index in [0.717, 1.165) is 4.88 Å². The maximum absolute atomic E-state index is 13.6. The number of rotatable bonds is 6. The van der Waals surface area contributed by atoms with Gasteiger partial charge in [0.1, 0.15) is 22.6 Å². The molecule has 1 aliphatic rings. The quantitative estimate of drug-likeness (QED) is 0.194. The summed E-state index contributed by atoms with van der Waals surface area (Å²) in [4.78, 5) is 42.9. The number of ether oxygens (including phenoxy) is 1. The Morgan fingerprint density at radius 2 is 2.14 bits per heavy atom. The Balaban J connectivity index is 1.59. The minimum Gasteiger partial charge on any atom is -0.463 e. The molecular weight excluding hydrogens is 538 g/mol. The lowest BCUT2D eigenvalue weighted by molar-refractivity contribution is -0.384. The number of aromatic nitrogens is 1. The van der Waals surface area contributed by atoms with Crippen molar-refractivity contribution in [1.29, 1.82) is 0 Å². The molecular formula is C25H18ClN3O6S2. The third-order valence-corrected chi connectivity index (χ3v) is 7.88. The number of fused-ring (bicyclic) bond motifs is 1. The molecule has 0 bridgehead atoms. The van der Waals surface area contributed by atoms with E-state index in [4.69, 9.17) is 20.8 Å². The molecule has 37 heavy (non-hydrogen) atoms. The Morgan fingerprint density at radius 1 is 1.32 bits per heavy atom. The van der Waals surface area contributed by atoms with Crippen LogP contribution in [-0.2, 0) is 9.53 Å². The maximum Gasteiger partial charge on any atom is 0.338 e. The highest BCUT2D eigenvalue weighted by atomic mass is 35.5. The van der Waals surface area contributed by atoms with Crippen molar-refractivity contribution in [1.82, 2.24) is 4.57 Å². The average molecular weight is 556 g/mol. The van der Waals surface area contributed by atoms with Crippen molar-refractivity contribution in [3.05, 3.63) is 105 Å². The first-order valence-electron chi connectivity index (χ1n) is 11.1. The highest BCUT2D eigenvalue weighted by Crippen LogP contribution is 2.33. The monoisotopic (exact) mass is 555 g/mol. The van der Waals surface area contributed by atoms with E-state index in [0.29, 0.717) is 37.7 Å². The molecule has 9 nitrogen and oxygen atoms in total. The number of allylic oxidation sites excluding steroid dienone is 1. The number of thiazole rings is 1. The van der Waals surface area contributed by atoms with E-state index in [1.165, 1.54) is 39.4 Å². The number of thiophene rings is 1. The molecule has 12 heteroatoms. The summed E-state index contributed by atoms with van der Waals surface area (Å²) < 4.78 is 13.0. The van der Waals surface area contributed by atoms with E-state index >= 15 is 0 Å². The predicted molar refractivity (Wildman–Crippen MR) is 141 cm³/mol. The van der Waals surface area contributed by atoms with Gasteiger partial charge in [-0.25, -0.2) is 9.79 Å². The molecule has 4 heterocycles. The molecule has 0 fully saturated rings.